The fraction of sp³-hybridized carbons (Fsp3) is 0.167. The van der Waals surface area contributed by atoms with Crippen LogP contribution in [0.15, 0.2) is 58.2 Å². The lowest BCUT2D eigenvalue weighted by Gasteiger charge is -2.01. The highest BCUT2D eigenvalue weighted by Crippen LogP contribution is 2.18. The van der Waals surface area contributed by atoms with Crippen LogP contribution < -0.4 is 4.74 Å². The van der Waals surface area contributed by atoms with E-state index in [1.165, 1.54) is 0 Å². The average Bonchev–Trinajstić information content (AvgIpc) is 3.10. The zero-order valence-electron chi connectivity index (χ0n) is 13.6. The van der Waals surface area contributed by atoms with E-state index in [1.54, 1.807) is 18.3 Å². The molecule has 3 aromatic rings. The van der Waals surface area contributed by atoms with Crippen LogP contribution in [-0.2, 0) is 11.4 Å². The summed E-state index contributed by atoms with van der Waals surface area (Å²) in [4.78, 5) is 9.44. The normalized spacial score (nSPS) is 11.0. The van der Waals surface area contributed by atoms with E-state index in [9.17, 15) is 0 Å². The van der Waals surface area contributed by atoms with Gasteiger partial charge in [-0.05, 0) is 61.0 Å². The summed E-state index contributed by atoms with van der Waals surface area (Å²) in [6.07, 6.45) is 1.60. The molecule has 6 nitrogen and oxygen atoms in total. The Morgan fingerprint density at radius 3 is 2.60 bits per heavy atom. The van der Waals surface area contributed by atoms with Crippen molar-refractivity contribution in [3.05, 3.63) is 65.0 Å². The van der Waals surface area contributed by atoms with E-state index in [0.717, 1.165) is 16.9 Å². The molecule has 128 valence electrons. The third-order valence-corrected chi connectivity index (χ3v) is 3.48. The molecule has 0 saturated carbocycles. The van der Waals surface area contributed by atoms with Crippen LogP contribution in [0.25, 0.3) is 11.4 Å². The highest BCUT2D eigenvalue weighted by atomic mass is 35.5. The maximum atomic E-state index is 5.86. The SMILES string of the molecule is CCOc1ccc(/C=N\OCc2nc(-c3ccc(Cl)cc3)no2)cc1. The second-order valence-corrected chi connectivity index (χ2v) is 5.47. The van der Waals surface area contributed by atoms with Gasteiger partial charge in [0.15, 0.2) is 6.61 Å². The minimum atomic E-state index is 0.0914. The molecular formula is C18H16ClN3O3. The third-order valence-electron chi connectivity index (χ3n) is 3.23. The predicted octanol–water partition coefficient (Wildman–Crippen LogP) is 4.34. The number of benzene rings is 2. The van der Waals surface area contributed by atoms with Gasteiger partial charge in [-0.3, -0.25) is 0 Å². The molecule has 7 heteroatoms. The smallest absolute Gasteiger partial charge is 0.267 e. The molecule has 25 heavy (non-hydrogen) atoms. The number of nitrogens with zero attached hydrogens (tertiary/aromatic N) is 3. The molecule has 2 aromatic carbocycles. The van der Waals surface area contributed by atoms with Gasteiger partial charge >= 0.3 is 0 Å². The zero-order chi connectivity index (χ0) is 17.5. The van der Waals surface area contributed by atoms with Gasteiger partial charge in [0, 0.05) is 10.6 Å². The van der Waals surface area contributed by atoms with E-state index in [2.05, 4.69) is 15.3 Å². The van der Waals surface area contributed by atoms with E-state index < -0.39 is 0 Å². The number of ether oxygens (including phenoxy) is 1. The minimum absolute atomic E-state index is 0.0914. The van der Waals surface area contributed by atoms with E-state index in [0.29, 0.717) is 23.3 Å². The molecule has 3 rings (SSSR count). The summed E-state index contributed by atoms with van der Waals surface area (Å²) in [6.45, 7) is 2.67. The Morgan fingerprint density at radius 2 is 1.88 bits per heavy atom. The summed E-state index contributed by atoms with van der Waals surface area (Å²) in [5, 5.41) is 8.45. The number of hydrogen-bond acceptors (Lipinski definition) is 6. The molecule has 1 heterocycles. The van der Waals surface area contributed by atoms with Crippen molar-refractivity contribution in [3.8, 4) is 17.1 Å². The standard InChI is InChI=1S/C18H16ClN3O3/c1-2-23-16-9-3-13(4-10-16)11-20-24-12-17-21-18(22-25-17)14-5-7-15(19)8-6-14/h3-11H,2,12H2,1H3/b20-11-. The molecule has 0 spiro atoms. The van der Waals surface area contributed by atoms with Gasteiger partial charge < -0.3 is 14.1 Å². The van der Waals surface area contributed by atoms with Crippen molar-refractivity contribution >= 4 is 17.8 Å². The number of hydrogen-bond donors (Lipinski definition) is 0. The Morgan fingerprint density at radius 1 is 1.12 bits per heavy atom. The van der Waals surface area contributed by atoms with E-state index in [1.807, 2.05) is 43.3 Å². The van der Waals surface area contributed by atoms with Crippen LogP contribution in [0.4, 0.5) is 0 Å². The summed E-state index contributed by atoms with van der Waals surface area (Å²) < 4.78 is 10.5. The molecule has 0 aliphatic rings. The summed E-state index contributed by atoms with van der Waals surface area (Å²) >= 11 is 5.86. The topological polar surface area (TPSA) is 69.7 Å². The fourth-order valence-electron chi connectivity index (χ4n) is 2.04. The first-order chi connectivity index (χ1) is 12.2. The van der Waals surface area contributed by atoms with Crippen LogP contribution in [0.5, 0.6) is 5.75 Å². The van der Waals surface area contributed by atoms with Crippen molar-refractivity contribution < 1.29 is 14.1 Å². The van der Waals surface area contributed by atoms with Crippen LogP contribution in [0.3, 0.4) is 0 Å². The van der Waals surface area contributed by atoms with Crippen molar-refractivity contribution in [1.29, 1.82) is 0 Å². The monoisotopic (exact) mass is 357 g/mol. The van der Waals surface area contributed by atoms with Gasteiger partial charge in [0.25, 0.3) is 5.89 Å². The van der Waals surface area contributed by atoms with Crippen LogP contribution in [0.2, 0.25) is 5.02 Å². The number of halogens is 1. The summed E-state index contributed by atoms with van der Waals surface area (Å²) in [7, 11) is 0. The second-order valence-electron chi connectivity index (χ2n) is 5.03. The molecule has 0 unspecified atom stereocenters. The summed E-state index contributed by atoms with van der Waals surface area (Å²) in [6, 6.07) is 14.7. The average molecular weight is 358 g/mol. The Kier molecular flexibility index (Phi) is 5.64. The van der Waals surface area contributed by atoms with Gasteiger partial charge in [-0.15, -0.1) is 0 Å². The molecule has 0 aliphatic heterocycles. The van der Waals surface area contributed by atoms with Gasteiger partial charge in [-0.2, -0.15) is 4.98 Å². The first-order valence-corrected chi connectivity index (χ1v) is 8.09. The molecule has 0 aliphatic carbocycles. The molecule has 0 bridgehead atoms. The van der Waals surface area contributed by atoms with Crippen LogP contribution in [-0.4, -0.2) is 23.0 Å². The van der Waals surface area contributed by atoms with Crippen molar-refractivity contribution in [2.24, 2.45) is 5.16 Å². The Balaban J connectivity index is 1.53. The largest absolute Gasteiger partial charge is 0.494 e. The minimum Gasteiger partial charge on any atom is -0.494 e. The third kappa shape index (κ3) is 4.81. The maximum absolute atomic E-state index is 5.86. The highest BCUT2D eigenvalue weighted by Gasteiger charge is 2.08. The lowest BCUT2D eigenvalue weighted by molar-refractivity contribution is 0.107. The van der Waals surface area contributed by atoms with Crippen molar-refractivity contribution in [1.82, 2.24) is 10.1 Å². The van der Waals surface area contributed by atoms with Gasteiger partial charge in [0.2, 0.25) is 5.82 Å². The van der Waals surface area contributed by atoms with Crippen LogP contribution in [0.1, 0.15) is 18.4 Å². The molecule has 1 aromatic heterocycles. The molecule has 0 fully saturated rings. The van der Waals surface area contributed by atoms with Gasteiger partial charge in [0.05, 0.1) is 12.8 Å². The maximum Gasteiger partial charge on any atom is 0.267 e. The van der Waals surface area contributed by atoms with Crippen molar-refractivity contribution in [2.45, 2.75) is 13.5 Å². The molecule has 0 atom stereocenters. The summed E-state index contributed by atoms with van der Waals surface area (Å²) in [5.74, 6) is 1.64. The Labute approximate surface area is 150 Å². The van der Waals surface area contributed by atoms with Gasteiger partial charge in [-0.25, -0.2) is 0 Å². The summed E-state index contributed by atoms with van der Waals surface area (Å²) in [5.41, 5.74) is 1.72. The van der Waals surface area contributed by atoms with Gasteiger partial charge in [-0.1, -0.05) is 21.9 Å². The number of aromatic nitrogens is 2. The number of rotatable bonds is 7. The van der Waals surface area contributed by atoms with Crippen LogP contribution >= 0.6 is 11.6 Å². The first-order valence-electron chi connectivity index (χ1n) is 7.71. The molecule has 0 radical (unpaired) electrons. The predicted molar refractivity (Wildman–Crippen MR) is 94.7 cm³/mol. The van der Waals surface area contributed by atoms with Crippen molar-refractivity contribution in [3.63, 3.8) is 0 Å². The highest BCUT2D eigenvalue weighted by molar-refractivity contribution is 6.30. The van der Waals surface area contributed by atoms with E-state index in [4.69, 9.17) is 25.7 Å². The lowest BCUT2D eigenvalue weighted by atomic mass is 10.2. The zero-order valence-corrected chi connectivity index (χ0v) is 14.3. The van der Waals surface area contributed by atoms with Crippen LogP contribution in [0, 0.1) is 0 Å². The van der Waals surface area contributed by atoms with E-state index >= 15 is 0 Å². The quantitative estimate of drug-likeness (QED) is 0.464. The fourth-order valence-corrected chi connectivity index (χ4v) is 2.16. The van der Waals surface area contributed by atoms with Gasteiger partial charge in [0.1, 0.15) is 5.75 Å². The van der Waals surface area contributed by atoms with Crippen molar-refractivity contribution in [2.75, 3.05) is 6.61 Å². The second kappa shape index (κ2) is 8.30. The Hall–Kier alpha value is -2.86. The molecule has 0 saturated heterocycles. The lowest BCUT2D eigenvalue weighted by Crippen LogP contribution is -1.92. The molecule has 0 N–H and O–H groups in total. The molecular weight excluding hydrogens is 342 g/mol. The number of oxime groups is 1. The first kappa shape index (κ1) is 17.0. The molecule has 0 amide bonds. The van der Waals surface area contributed by atoms with E-state index in [-0.39, 0.29) is 6.61 Å². The Bertz CT molecular complexity index is 830.